The lowest BCUT2D eigenvalue weighted by molar-refractivity contribution is -0.110. The average Bonchev–Trinajstić information content (AvgIpc) is 3.10. The molecular formula is C26H35N3O3. The smallest absolute Gasteiger partial charge is 0.258 e. The predicted molar refractivity (Wildman–Crippen MR) is 131 cm³/mol. The van der Waals surface area contributed by atoms with E-state index < -0.39 is 5.54 Å². The fourth-order valence-electron chi connectivity index (χ4n) is 4.47. The Kier molecular flexibility index (Phi) is 6.84. The molecule has 0 bridgehead atoms. The molecule has 0 radical (unpaired) electrons. The number of hydrogen-bond acceptors (Lipinski definition) is 5. The van der Waals surface area contributed by atoms with Gasteiger partial charge in [0.25, 0.3) is 5.91 Å². The SMILES string of the molecule is CC/C(Nc1ccc(C(N)(C(C)C)C(C)C)cc1)=C1/C(=O)Nc2cc(OC)c(OC)cc21. The summed E-state index contributed by atoms with van der Waals surface area (Å²) < 4.78 is 10.8. The number of nitrogens with one attached hydrogen (secondary N) is 2. The summed E-state index contributed by atoms with van der Waals surface area (Å²) in [6, 6.07) is 11.9. The Hall–Kier alpha value is -2.99. The van der Waals surface area contributed by atoms with E-state index in [-0.39, 0.29) is 5.91 Å². The Labute approximate surface area is 191 Å². The third-order valence-corrected chi connectivity index (χ3v) is 6.51. The zero-order valence-corrected chi connectivity index (χ0v) is 20.1. The number of nitrogens with two attached hydrogens (primary N) is 1. The van der Waals surface area contributed by atoms with Gasteiger partial charge >= 0.3 is 0 Å². The lowest BCUT2D eigenvalue weighted by Gasteiger charge is -2.38. The molecule has 0 aliphatic carbocycles. The second-order valence-corrected chi connectivity index (χ2v) is 8.86. The van der Waals surface area contributed by atoms with Crippen molar-refractivity contribution in [2.75, 3.05) is 24.9 Å². The largest absolute Gasteiger partial charge is 0.493 e. The van der Waals surface area contributed by atoms with Crippen LogP contribution in [-0.4, -0.2) is 20.1 Å². The van der Waals surface area contributed by atoms with Gasteiger partial charge in [-0.05, 0) is 42.0 Å². The molecule has 1 aliphatic rings. The lowest BCUT2D eigenvalue weighted by atomic mass is 9.73. The molecule has 0 spiro atoms. The average molecular weight is 438 g/mol. The summed E-state index contributed by atoms with van der Waals surface area (Å²) in [4.78, 5) is 12.8. The van der Waals surface area contributed by atoms with Gasteiger partial charge in [-0.1, -0.05) is 46.8 Å². The fraction of sp³-hybridized carbons (Fsp3) is 0.423. The summed E-state index contributed by atoms with van der Waals surface area (Å²) in [6.07, 6.45) is 0.664. The van der Waals surface area contributed by atoms with Crippen LogP contribution in [0.4, 0.5) is 11.4 Å². The molecular weight excluding hydrogens is 402 g/mol. The normalized spacial score (nSPS) is 15.0. The molecule has 3 rings (SSSR count). The number of benzene rings is 2. The van der Waals surface area contributed by atoms with Gasteiger partial charge in [-0.25, -0.2) is 0 Å². The van der Waals surface area contributed by atoms with E-state index in [0.717, 1.165) is 22.5 Å². The number of hydrogen-bond donors (Lipinski definition) is 3. The number of allylic oxidation sites excluding steroid dienone is 1. The first kappa shape index (κ1) is 23.7. The molecule has 0 atom stereocenters. The van der Waals surface area contributed by atoms with Gasteiger partial charge in [-0.15, -0.1) is 0 Å². The van der Waals surface area contributed by atoms with Crippen LogP contribution in [0.2, 0.25) is 0 Å². The molecule has 6 nitrogen and oxygen atoms in total. The highest BCUT2D eigenvalue weighted by Gasteiger charge is 2.34. The van der Waals surface area contributed by atoms with Crippen molar-refractivity contribution < 1.29 is 14.3 Å². The van der Waals surface area contributed by atoms with Gasteiger partial charge in [0.05, 0.1) is 25.5 Å². The minimum absolute atomic E-state index is 0.142. The monoisotopic (exact) mass is 437 g/mol. The fourth-order valence-corrected chi connectivity index (χ4v) is 4.47. The molecule has 0 saturated carbocycles. The summed E-state index contributed by atoms with van der Waals surface area (Å²) in [6.45, 7) is 10.7. The standard InChI is InChI=1S/C26H35N3O3/c1-8-20(24-19-13-22(31-6)23(32-7)14-21(19)29-25(24)30)28-18-11-9-17(10-12-18)26(27,15(2)3)16(4)5/h9-16,28H,8,27H2,1-7H3,(H,29,30)/b24-20-. The first-order chi connectivity index (χ1) is 15.2. The molecule has 0 saturated heterocycles. The molecule has 172 valence electrons. The Bertz CT molecular complexity index is 1020. The Balaban J connectivity index is 1.98. The molecule has 4 N–H and O–H groups in total. The highest BCUT2D eigenvalue weighted by Crippen LogP contribution is 2.42. The number of carbonyl (C=O) groups is 1. The number of rotatable bonds is 8. The predicted octanol–water partition coefficient (Wildman–Crippen LogP) is 5.36. The van der Waals surface area contributed by atoms with E-state index in [0.29, 0.717) is 41.0 Å². The number of carbonyl (C=O) groups excluding carboxylic acids is 1. The molecule has 0 aromatic heterocycles. The van der Waals surface area contributed by atoms with Gasteiger partial charge in [-0.3, -0.25) is 4.79 Å². The van der Waals surface area contributed by atoms with Crippen molar-refractivity contribution in [1.29, 1.82) is 0 Å². The van der Waals surface area contributed by atoms with Crippen molar-refractivity contribution in [1.82, 2.24) is 0 Å². The van der Waals surface area contributed by atoms with E-state index in [4.69, 9.17) is 15.2 Å². The van der Waals surface area contributed by atoms with Crippen LogP contribution in [0.1, 0.15) is 52.2 Å². The highest BCUT2D eigenvalue weighted by atomic mass is 16.5. The maximum atomic E-state index is 12.8. The third-order valence-electron chi connectivity index (χ3n) is 6.51. The van der Waals surface area contributed by atoms with E-state index in [9.17, 15) is 4.79 Å². The maximum absolute atomic E-state index is 12.8. The molecule has 0 fully saturated rings. The molecule has 1 aliphatic heterocycles. The van der Waals surface area contributed by atoms with Gasteiger partial charge in [0.2, 0.25) is 0 Å². The molecule has 0 unspecified atom stereocenters. The Morgan fingerprint density at radius 1 is 1.03 bits per heavy atom. The number of ether oxygens (including phenoxy) is 2. The van der Waals surface area contributed by atoms with Crippen molar-refractivity contribution >= 4 is 22.9 Å². The maximum Gasteiger partial charge on any atom is 0.258 e. The number of amides is 1. The summed E-state index contributed by atoms with van der Waals surface area (Å²) in [5, 5.41) is 6.39. The van der Waals surface area contributed by atoms with Crippen LogP contribution in [0.15, 0.2) is 42.1 Å². The van der Waals surface area contributed by atoms with Crippen molar-refractivity contribution in [2.45, 2.75) is 46.6 Å². The summed E-state index contributed by atoms with van der Waals surface area (Å²) >= 11 is 0. The van der Waals surface area contributed by atoms with Crippen molar-refractivity contribution in [3.8, 4) is 11.5 Å². The first-order valence-electron chi connectivity index (χ1n) is 11.1. The third kappa shape index (κ3) is 4.07. The van der Waals surface area contributed by atoms with E-state index in [1.807, 2.05) is 25.1 Å². The van der Waals surface area contributed by atoms with Crippen molar-refractivity contribution in [3.05, 3.63) is 53.2 Å². The van der Waals surface area contributed by atoms with Crippen LogP contribution < -0.4 is 25.8 Å². The van der Waals surface area contributed by atoms with Crippen LogP contribution in [0, 0.1) is 11.8 Å². The second-order valence-electron chi connectivity index (χ2n) is 8.86. The molecule has 1 amide bonds. The van der Waals surface area contributed by atoms with Crippen LogP contribution in [-0.2, 0) is 10.3 Å². The second kappa shape index (κ2) is 9.25. The van der Waals surface area contributed by atoms with Crippen LogP contribution in [0.3, 0.4) is 0 Å². The van der Waals surface area contributed by atoms with E-state index in [1.54, 1.807) is 20.3 Å². The topological polar surface area (TPSA) is 85.6 Å². The van der Waals surface area contributed by atoms with Gasteiger partial charge in [0.1, 0.15) is 0 Å². The van der Waals surface area contributed by atoms with Gasteiger partial charge < -0.3 is 25.8 Å². The van der Waals surface area contributed by atoms with Crippen LogP contribution in [0.25, 0.3) is 5.57 Å². The minimum Gasteiger partial charge on any atom is -0.493 e. The summed E-state index contributed by atoms with van der Waals surface area (Å²) in [5.74, 6) is 1.63. The quantitative estimate of drug-likeness (QED) is 0.484. The van der Waals surface area contributed by atoms with Crippen molar-refractivity contribution in [2.24, 2.45) is 17.6 Å². The number of anilines is 2. The molecule has 1 heterocycles. The summed E-state index contributed by atoms with van der Waals surface area (Å²) in [5.41, 5.74) is 11.4. The zero-order chi connectivity index (χ0) is 23.6. The Morgan fingerprint density at radius 2 is 1.59 bits per heavy atom. The molecule has 2 aromatic rings. The van der Waals surface area contributed by atoms with E-state index in [2.05, 4.69) is 50.5 Å². The van der Waals surface area contributed by atoms with Gasteiger partial charge in [0, 0.05) is 28.6 Å². The first-order valence-corrected chi connectivity index (χ1v) is 11.1. The Morgan fingerprint density at radius 3 is 2.09 bits per heavy atom. The van der Waals surface area contributed by atoms with Crippen LogP contribution in [0.5, 0.6) is 11.5 Å². The van der Waals surface area contributed by atoms with E-state index in [1.165, 1.54) is 0 Å². The molecule has 6 heteroatoms. The van der Waals surface area contributed by atoms with Gasteiger partial charge in [0.15, 0.2) is 11.5 Å². The van der Waals surface area contributed by atoms with Gasteiger partial charge in [-0.2, -0.15) is 0 Å². The minimum atomic E-state index is -0.398. The van der Waals surface area contributed by atoms with E-state index >= 15 is 0 Å². The summed E-state index contributed by atoms with van der Waals surface area (Å²) in [7, 11) is 3.17. The zero-order valence-electron chi connectivity index (χ0n) is 20.1. The van der Waals surface area contributed by atoms with Crippen molar-refractivity contribution in [3.63, 3.8) is 0 Å². The highest BCUT2D eigenvalue weighted by molar-refractivity contribution is 6.32. The number of methoxy groups -OCH3 is 2. The lowest BCUT2D eigenvalue weighted by Crippen LogP contribution is -2.46. The molecule has 2 aromatic carbocycles. The van der Waals surface area contributed by atoms with Crippen LogP contribution >= 0.6 is 0 Å². The number of fused-ring (bicyclic) bond motifs is 1. The molecule has 32 heavy (non-hydrogen) atoms.